The molecule has 4 heteroatoms. The van der Waals surface area contributed by atoms with E-state index in [0.29, 0.717) is 6.54 Å². The number of rotatable bonds is 2. The highest BCUT2D eigenvalue weighted by Gasteiger charge is 2.24. The second-order valence-electron chi connectivity index (χ2n) is 3.98. The lowest BCUT2D eigenvalue weighted by molar-refractivity contribution is -0.116. The fourth-order valence-corrected chi connectivity index (χ4v) is 1.65. The van der Waals surface area contributed by atoms with Crippen molar-refractivity contribution in [3.8, 4) is 0 Å². The molecule has 1 aromatic carbocycles. The molecule has 4 nitrogen and oxygen atoms in total. The Morgan fingerprint density at radius 1 is 1.31 bits per heavy atom. The Bertz CT molecular complexity index is 412. The molecule has 1 aliphatic heterocycles. The molecule has 1 aliphatic rings. The Balaban J connectivity index is 2.16. The van der Waals surface area contributed by atoms with Crippen LogP contribution in [-0.2, 0) is 4.79 Å². The van der Waals surface area contributed by atoms with Gasteiger partial charge in [0.15, 0.2) is 0 Å². The summed E-state index contributed by atoms with van der Waals surface area (Å²) in [4.78, 5) is 13.5. The summed E-state index contributed by atoms with van der Waals surface area (Å²) in [6, 6.07) is 9.81. The summed E-state index contributed by atoms with van der Waals surface area (Å²) >= 11 is 0. The molecule has 0 atom stereocenters. The number of nitrogens with zero attached hydrogens (tertiary/aromatic N) is 2. The van der Waals surface area contributed by atoms with Crippen LogP contribution in [0.25, 0.3) is 0 Å². The number of nitrogens with one attached hydrogen (secondary N) is 1. The fraction of sp³-hybridized carbons (Fsp3) is 0.250. The number of benzene rings is 1. The Labute approximate surface area is 95.1 Å². The maximum atomic E-state index is 11.6. The van der Waals surface area contributed by atoms with Crippen molar-refractivity contribution in [3.63, 3.8) is 0 Å². The van der Waals surface area contributed by atoms with E-state index in [2.05, 4.69) is 5.43 Å². The van der Waals surface area contributed by atoms with Gasteiger partial charge < -0.3 is 4.90 Å². The number of hydrazine groups is 1. The zero-order valence-corrected chi connectivity index (χ0v) is 9.47. The number of amides is 1. The summed E-state index contributed by atoms with van der Waals surface area (Å²) in [6.07, 6.45) is 1.85. The predicted molar refractivity (Wildman–Crippen MR) is 63.7 cm³/mol. The van der Waals surface area contributed by atoms with Crippen LogP contribution < -0.4 is 10.4 Å². The highest BCUT2D eigenvalue weighted by atomic mass is 16.2. The number of hydrogen-bond donors (Lipinski definition) is 1. The van der Waals surface area contributed by atoms with Crippen LogP contribution in [0.5, 0.6) is 0 Å². The van der Waals surface area contributed by atoms with Gasteiger partial charge in [0.25, 0.3) is 5.91 Å². The lowest BCUT2D eigenvalue weighted by Gasteiger charge is -2.16. The van der Waals surface area contributed by atoms with Gasteiger partial charge in [-0.2, -0.15) is 0 Å². The lowest BCUT2D eigenvalue weighted by atomic mass is 10.2. The molecule has 84 valence electrons. The van der Waals surface area contributed by atoms with Crippen molar-refractivity contribution in [1.29, 1.82) is 0 Å². The number of carbonyl (C=O) groups excluding carboxylic acids is 1. The minimum Gasteiger partial charge on any atom is -0.383 e. The summed E-state index contributed by atoms with van der Waals surface area (Å²) in [7, 11) is 3.82. The predicted octanol–water partition coefficient (Wildman–Crippen LogP) is 0.983. The van der Waals surface area contributed by atoms with Crippen molar-refractivity contribution >= 4 is 11.6 Å². The van der Waals surface area contributed by atoms with E-state index in [-0.39, 0.29) is 5.91 Å². The van der Waals surface area contributed by atoms with E-state index in [0.717, 1.165) is 11.3 Å². The summed E-state index contributed by atoms with van der Waals surface area (Å²) in [5.74, 6) is -0.0300. The monoisotopic (exact) mass is 217 g/mol. The van der Waals surface area contributed by atoms with Gasteiger partial charge in [-0.25, -0.2) is 0 Å². The van der Waals surface area contributed by atoms with Crippen LogP contribution in [0, 0.1) is 0 Å². The van der Waals surface area contributed by atoms with Crippen LogP contribution in [0.3, 0.4) is 0 Å². The van der Waals surface area contributed by atoms with Crippen molar-refractivity contribution in [3.05, 3.63) is 42.1 Å². The highest BCUT2D eigenvalue weighted by molar-refractivity contribution is 5.98. The van der Waals surface area contributed by atoms with E-state index in [9.17, 15) is 4.79 Å². The van der Waals surface area contributed by atoms with Crippen molar-refractivity contribution in [2.45, 2.75) is 0 Å². The SMILES string of the molecule is CN(C)C=C1CN(c2ccccc2)NC1=O. The Hall–Kier alpha value is -1.97. The standard InChI is InChI=1S/C12H15N3O/c1-14(2)8-10-9-15(13-12(10)16)11-6-4-3-5-7-11/h3-8H,9H2,1-2H3,(H,13,16). The number of anilines is 1. The number of para-hydroxylation sites is 1. The van der Waals surface area contributed by atoms with Gasteiger partial charge in [0.05, 0.1) is 17.8 Å². The van der Waals surface area contributed by atoms with Gasteiger partial charge in [0, 0.05) is 20.3 Å². The lowest BCUT2D eigenvalue weighted by Crippen LogP contribution is -2.32. The first-order valence-corrected chi connectivity index (χ1v) is 5.17. The first-order valence-electron chi connectivity index (χ1n) is 5.17. The maximum absolute atomic E-state index is 11.6. The van der Waals surface area contributed by atoms with Gasteiger partial charge in [-0.05, 0) is 12.1 Å². The molecule has 1 N–H and O–H groups in total. The first kappa shape index (κ1) is 10.5. The van der Waals surface area contributed by atoms with Gasteiger partial charge in [0.1, 0.15) is 0 Å². The molecule has 0 spiro atoms. The molecular weight excluding hydrogens is 202 g/mol. The Morgan fingerprint density at radius 3 is 2.62 bits per heavy atom. The minimum absolute atomic E-state index is 0.0300. The average Bonchev–Trinajstić information content (AvgIpc) is 2.61. The molecule has 1 amide bonds. The van der Waals surface area contributed by atoms with E-state index in [1.807, 2.05) is 60.5 Å². The highest BCUT2D eigenvalue weighted by Crippen LogP contribution is 2.17. The maximum Gasteiger partial charge on any atom is 0.269 e. The fourth-order valence-electron chi connectivity index (χ4n) is 1.65. The Morgan fingerprint density at radius 2 is 2.00 bits per heavy atom. The molecule has 1 heterocycles. The van der Waals surface area contributed by atoms with Gasteiger partial charge in [-0.1, -0.05) is 18.2 Å². The van der Waals surface area contributed by atoms with Crippen LogP contribution in [-0.4, -0.2) is 31.4 Å². The summed E-state index contributed by atoms with van der Waals surface area (Å²) in [5, 5.41) is 1.84. The summed E-state index contributed by atoms with van der Waals surface area (Å²) in [6.45, 7) is 0.598. The third kappa shape index (κ3) is 2.16. The van der Waals surface area contributed by atoms with Crippen LogP contribution in [0.1, 0.15) is 0 Å². The van der Waals surface area contributed by atoms with Gasteiger partial charge >= 0.3 is 0 Å². The number of carbonyl (C=O) groups is 1. The van der Waals surface area contributed by atoms with Crippen molar-refractivity contribution < 1.29 is 4.79 Å². The van der Waals surface area contributed by atoms with E-state index in [1.54, 1.807) is 0 Å². The largest absolute Gasteiger partial charge is 0.383 e. The van der Waals surface area contributed by atoms with Crippen LogP contribution in [0.4, 0.5) is 5.69 Å². The second kappa shape index (κ2) is 4.26. The minimum atomic E-state index is -0.0300. The first-order chi connectivity index (χ1) is 7.66. The summed E-state index contributed by atoms with van der Waals surface area (Å²) in [5.41, 5.74) is 4.60. The molecule has 1 saturated heterocycles. The second-order valence-corrected chi connectivity index (χ2v) is 3.98. The zero-order chi connectivity index (χ0) is 11.5. The van der Waals surface area contributed by atoms with Crippen molar-refractivity contribution in [2.75, 3.05) is 25.6 Å². The molecule has 0 radical (unpaired) electrons. The summed E-state index contributed by atoms with van der Waals surface area (Å²) < 4.78 is 0. The Kier molecular flexibility index (Phi) is 2.81. The molecule has 0 aromatic heterocycles. The smallest absolute Gasteiger partial charge is 0.269 e. The normalized spacial score (nSPS) is 17.8. The van der Waals surface area contributed by atoms with Crippen LogP contribution in [0.15, 0.2) is 42.1 Å². The van der Waals surface area contributed by atoms with Crippen molar-refractivity contribution in [1.82, 2.24) is 10.3 Å². The molecule has 0 bridgehead atoms. The van der Waals surface area contributed by atoms with Crippen LogP contribution >= 0.6 is 0 Å². The van der Waals surface area contributed by atoms with Crippen molar-refractivity contribution in [2.24, 2.45) is 0 Å². The topological polar surface area (TPSA) is 35.6 Å². The number of hydrogen-bond acceptors (Lipinski definition) is 3. The molecule has 1 fully saturated rings. The molecule has 2 rings (SSSR count). The van der Waals surface area contributed by atoms with Gasteiger partial charge in [-0.3, -0.25) is 15.2 Å². The zero-order valence-electron chi connectivity index (χ0n) is 9.47. The third-order valence-corrected chi connectivity index (χ3v) is 2.34. The molecule has 0 aliphatic carbocycles. The molecule has 0 unspecified atom stereocenters. The van der Waals surface area contributed by atoms with E-state index in [1.165, 1.54) is 0 Å². The molecule has 0 saturated carbocycles. The van der Waals surface area contributed by atoms with Gasteiger partial charge in [-0.15, -0.1) is 0 Å². The quantitative estimate of drug-likeness (QED) is 0.750. The van der Waals surface area contributed by atoms with E-state index < -0.39 is 0 Å². The van der Waals surface area contributed by atoms with E-state index >= 15 is 0 Å². The van der Waals surface area contributed by atoms with E-state index in [4.69, 9.17) is 0 Å². The molecule has 16 heavy (non-hydrogen) atoms. The average molecular weight is 217 g/mol. The molecular formula is C12H15N3O. The molecule has 1 aromatic rings. The van der Waals surface area contributed by atoms with Crippen LogP contribution in [0.2, 0.25) is 0 Å². The van der Waals surface area contributed by atoms with Gasteiger partial charge in [0.2, 0.25) is 0 Å². The third-order valence-electron chi connectivity index (χ3n) is 2.34.